The number of aliphatic hydroxyl groups is 1. The Morgan fingerprint density at radius 3 is 2.57 bits per heavy atom. The fourth-order valence-corrected chi connectivity index (χ4v) is 1.45. The van der Waals surface area contributed by atoms with Crippen molar-refractivity contribution in [2.75, 3.05) is 20.3 Å². The van der Waals surface area contributed by atoms with Gasteiger partial charge in [0, 0.05) is 0 Å². The van der Waals surface area contributed by atoms with Crippen LogP contribution in [-0.4, -0.2) is 46.0 Å². The first kappa shape index (κ1) is 11.2. The predicted molar refractivity (Wildman–Crippen MR) is 57.2 cm³/mol. The average molecular weight is 257 g/mol. The number of methoxy groups -OCH3 is 1. The first-order valence-corrected chi connectivity index (χ1v) is 5.10. The van der Waals surface area contributed by atoms with E-state index in [1.165, 1.54) is 0 Å². The molecule has 1 aromatic carbocycles. The van der Waals surface area contributed by atoms with Gasteiger partial charge in [-0.1, -0.05) is 0 Å². The molecule has 0 heterocycles. The number of aliphatic hydroxyl groups excluding tert-OH is 1. The van der Waals surface area contributed by atoms with E-state index in [0.717, 1.165) is 15.9 Å². The Morgan fingerprint density at radius 2 is 2.07 bits per heavy atom. The van der Waals surface area contributed by atoms with Gasteiger partial charge in [-0.25, -0.2) is 0 Å². The molecule has 0 bridgehead atoms. The second-order valence-electron chi connectivity index (χ2n) is 2.64. The molecule has 0 saturated carbocycles. The molecule has 1 N–H and O–H groups in total. The van der Waals surface area contributed by atoms with Crippen LogP contribution in [0.5, 0.6) is 5.75 Å². The molecule has 0 aliphatic carbocycles. The van der Waals surface area contributed by atoms with Gasteiger partial charge >= 0.3 is 91.3 Å². The van der Waals surface area contributed by atoms with Crippen molar-refractivity contribution in [1.29, 1.82) is 0 Å². The second kappa shape index (κ2) is 5.81. The van der Waals surface area contributed by atoms with E-state index in [2.05, 4.69) is 21.0 Å². The maximum absolute atomic E-state index is 8.60. The molecule has 4 heteroatoms. The Balaban J connectivity index is 2.76. The van der Waals surface area contributed by atoms with Crippen LogP contribution in [0, 0.1) is 0 Å². The standard InChI is InChI=1S/C10H12NO2Se/c1-13-9-4-2-8(3-5-9)10(14)11-6-7-12/h2-5,12H,6-7H2,1H3. The van der Waals surface area contributed by atoms with Crippen LogP contribution in [0.15, 0.2) is 29.3 Å². The molecule has 0 spiro atoms. The third-order valence-electron chi connectivity index (χ3n) is 1.69. The zero-order chi connectivity index (χ0) is 10.4. The molecule has 0 saturated heterocycles. The van der Waals surface area contributed by atoms with Crippen molar-refractivity contribution in [3.8, 4) is 5.75 Å². The Bertz CT molecular complexity index is 308. The molecule has 0 atom stereocenters. The van der Waals surface area contributed by atoms with Gasteiger partial charge in [0.25, 0.3) is 0 Å². The van der Waals surface area contributed by atoms with Crippen molar-refractivity contribution < 1.29 is 9.84 Å². The topological polar surface area (TPSA) is 41.8 Å². The van der Waals surface area contributed by atoms with Gasteiger partial charge in [0.2, 0.25) is 0 Å². The number of nitrogens with zero attached hydrogens (tertiary/aromatic N) is 1. The van der Waals surface area contributed by atoms with Gasteiger partial charge in [0.15, 0.2) is 0 Å². The van der Waals surface area contributed by atoms with Crippen LogP contribution in [0.4, 0.5) is 0 Å². The number of ether oxygens (including phenoxy) is 1. The first-order valence-electron chi connectivity index (χ1n) is 4.24. The molecule has 1 radical (unpaired) electrons. The van der Waals surface area contributed by atoms with E-state index in [1.807, 2.05) is 24.3 Å². The summed E-state index contributed by atoms with van der Waals surface area (Å²) < 4.78 is 5.85. The number of benzene rings is 1. The third-order valence-corrected chi connectivity index (χ3v) is 2.46. The number of rotatable bonds is 4. The summed E-state index contributed by atoms with van der Waals surface area (Å²) in [6.07, 6.45) is 0. The summed E-state index contributed by atoms with van der Waals surface area (Å²) in [6, 6.07) is 7.60. The van der Waals surface area contributed by atoms with E-state index in [-0.39, 0.29) is 6.61 Å². The van der Waals surface area contributed by atoms with Crippen molar-refractivity contribution in [2.24, 2.45) is 4.99 Å². The molecular weight excluding hydrogens is 245 g/mol. The fraction of sp³-hybridized carbons (Fsp3) is 0.300. The van der Waals surface area contributed by atoms with E-state index in [4.69, 9.17) is 9.84 Å². The van der Waals surface area contributed by atoms with E-state index < -0.39 is 0 Å². The van der Waals surface area contributed by atoms with Gasteiger partial charge < -0.3 is 0 Å². The SMILES string of the molecule is COc1ccc(C([Se])=NCCO)cc1. The van der Waals surface area contributed by atoms with Crippen LogP contribution in [0.1, 0.15) is 5.56 Å². The molecule has 0 amide bonds. The van der Waals surface area contributed by atoms with E-state index in [9.17, 15) is 0 Å². The molecule has 1 aromatic rings. The van der Waals surface area contributed by atoms with E-state index in [1.54, 1.807) is 7.11 Å². The third kappa shape index (κ3) is 3.14. The van der Waals surface area contributed by atoms with Gasteiger partial charge in [-0.05, 0) is 0 Å². The van der Waals surface area contributed by atoms with Gasteiger partial charge in [-0.2, -0.15) is 0 Å². The normalized spacial score (nSPS) is 11.4. The van der Waals surface area contributed by atoms with Gasteiger partial charge in [-0.3, -0.25) is 0 Å². The summed E-state index contributed by atoms with van der Waals surface area (Å²) in [6.45, 7) is 0.496. The maximum atomic E-state index is 8.60. The van der Waals surface area contributed by atoms with Crippen LogP contribution < -0.4 is 4.74 Å². The minimum absolute atomic E-state index is 0.0708. The molecule has 0 unspecified atom stereocenters. The molecule has 0 fully saturated rings. The quantitative estimate of drug-likeness (QED) is 0.634. The minimum atomic E-state index is 0.0708. The summed E-state index contributed by atoms with van der Waals surface area (Å²) in [5.74, 6) is 0.823. The Morgan fingerprint density at radius 1 is 1.43 bits per heavy atom. The zero-order valence-corrected chi connectivity index (χ0v) is 9.65. The van der Waals surface area contributed by atoms with Crippen LogP contribution in [0.3, 0.4) is 0 Å². The molecular formula is C10H12NO2Se. The monoisotopic (exact) mass is 258 g/mol. The van der Waals surface area contributed by atoms with Crippen molar-refractivity contribution in [3.63, 3.8) is 0 Å². The fourth-order valence-electron chi connectivity index (χ4n) is 0.976. The summed E-state index contributed by atoms with van der Waals surface area (Å²) >= 11 is 2.86. The molecule has 0 aromatic heterocycles. The van der Waals surface area contributed by atoms with Crippen molar-refractivity contribution >= 4 is 20.6 Å². The molecule has 0 aliphatic heterocycles. The summed E-state index contributed by atoms with van der Waals surface area (Å²) in [5.41, 5.74) is 0.999. The Labute approximate surface area is 91.6 Å². The van der Waals surface area contributed by atoms with Crippen molar-refractivity contribution in [1.82, 2.24) is 0 Å². The number of hydrogen-bond donors (Lipinski definition) is 1. The second-order valence-corrected chi connectivity index (χ2v) is 3.45. The van der Waals surface area contributed by atoms with E-state index >= 15 is 0 Å². The van der Waals surface area contributed by atoms with Crippen molar-refractivity contribution in [2.45, 2.75) is 0 Å². The van der Waals surface area contributed by atoms with Crippen LogP contribution >= 0.6 is 0 Å². The zero-order valence-electron chi connectivity index (χ0n) is 7.93. The van der Waals surface area contributed by atoms with Crippen molar-refractivity contribution in [3.05, 3.63) is 29.8 Å². The Kier molecular flexibility index (Phi) is 4.66. The summed E-state index contributed by atoms with van der Waals surface area (Å²) in [7, 11) is 1.63. The molecule has 14 heavy (non-hydrogen) atoms. The number of aliphatic imine (C=N–C) groups is 1. The number of hydrogen-bond acceptors (Lipinski definition) is 3. The van der Waals surface area contributed by atoms with Crippen LogP contribution in [0.2, 0.25) is 0 Å². The Hall–Kier alpha value is -0.831. The molecule has 0 aliphatic rings. The van der Waals surface area contributed by atoms with Gasteiger partial charge in [0.05, 0.1) is 0 Å². The van der Waals surface area contributed by atoms with Crippen LogP contribution in [-0.2, 0) is 0 Å². The van der Waals surface area contributed by atoms with Crippen LogP contribution in [0.25, 0.3) is 0 Å². The molecule has 1 rings (SSSR count). The van der Waals surface area contributed by atoms with Gasteiger partial charge in [-0.15, -0.1) is 0 Å². The summed E-state index contributed by atoms with van der Waals surface area (Å²) in [5, 5.41) is 8.60. The van der Waals surface area contributed by atoms with Gasteiger partial charge in [0.1, 0.15) is 0 Å². The summed E-state index contributed by atoms with van der Waals surface area (Å²) in [4.78, 5) is 4.14. The first-order chi connectivity index (χ1) is 6.77. The molecule has 75 valence electrons. The molecule has 3 nitrogen and oxygen atoms in total. The predicted octanol–water partition coefficient (Wildman–Crippen LogP) is 0.603. The average Bonchev–Trinajstić information content (AvgIpc) is 2.26. The van der Waals surface area contributed by atoms with E-state index in [0.29, 0.717) is 6.54 Å².